The van der Waals surface area contributed by atoms with Gasteiger partial charge in [0.05, 0.1) is 32.8 Å². The molecule has 0 aliphatic carbocycles. The van der Waals surface area contributed by atoms with E-state index in [1.807, 2.05) is 12.2 Å². The monoisotopic (exact) mass is 1430 g/mol. The fourth-order valence-electron chi connectivity index (χ4n) is 8.82. The molecule has 19 heteroatoms. The van der Waals surface area contributed by atoms with Crippen LogP contribution in [0.3, 0.4) is 0 Å². The number of phosphoric acid groups is 2. The maximum atomic E-state index is 13.1. The van der Waals surface area contributed by atoms with E-state index in [0.29, 0.717) is 25.7 Å². The summed E-state index contributed by atoms with van der Waals surface area (Å²) in [7, 11) is -10.0. The minimum Gasteiger partial charge on any atom is -0.462 e. The summed E-state index contributed by atoms with van der Waals surface area (Å²) in [6.45, 7) is 4.22. The number of aliphatic hydroxyl groups excluding tert-OH is 1. The molecule has 0 radical (unpaired) electrons. The van der Waals surface area contributed by atoms with Crippen molar-refractivity contribution < 1.29 is 80.2 Å². The third-order valence-corrected chi connectivity index (χ3v) is 16.3. The third-order valence-electron chi connectivity index (χ3n) is 14.4. The highest BCUT2D eigenvalue weighted by molar-refractivity contribution is 7.47. The molecule has 0 heterocycles. The quantitative estimate of drug-likeness (QED) is 0.0169. The Kier molecular flexibility index (Phi) is 67.4. The molecule has 0 aromatic rings. The van der Waals surface area contributed by atoms with E-state index >= 15 is 0 Å². The molecule has 0 fully saturated rings. The van der Waals surface area contributed by atoms with Crippen molar-refractivity contribution in [3.8, 4) is 0 Å². The van der Waals surface area contributed by atoms with Gasteiger partial charge in [-0.3, -0.25) is 37.3 Å². The van der Waals surface area contributed by atoms with Gasteiger partial charge in [-0.05, 0) is 154 Å². The number of allylic oxidation sites excluding steroid dienone is 29. The fourth-order valence-corrected chi connectivity index (χ4v) is 10.4. The Morgan fingerprint density at radius 2 is 0.560 bits per heavy atom. The molecule has 100 heavy (non-hydrogen) atoms. The molecular weight excluding hydrogens is 1310 g/mol. The Bertz CT molecular complexity index is 2620. The zero-order valence-corrected chi connectivity index (χ0v) is 63.1. The summed E-state index contributed by atoms with van der Waals surface area (Å²) in [6.07, 6.45) is 85.1. The predicted octanol–water partition coefficient (Wildman–Crippen LogP) is 21.2. The molecule has 5 atom stereocenters. The molecule has 564 valence electrons. The van der Waals surface area contributed by atoms with Gasteiger partial charge >= 0.3 is 39.5 Å². The van der Waals surface area contributed by atoms with Gasteiger partial charge in [0.15, 0.2) is 12.2 Å². The molecule has 0 saturated heterocycles. The zero-order chi connectivity index (χ0) is 73.2. The first kappa shape index (κ1) is 94.2. The highest BCUT2D eigenvalue weighted by Crippen LogP contribution is 2.45. The van der Waals surface area contributed by atoms with Crippen molar-refractivity contribution in [3.05, 3.63) is 182 Å². The fraction of sp³-hybridized carbons (Fsp3) is 0.580. The second-order valence-corrected chi connectivity index (χ2v) is 26.7. The lowest BCUT2D eigenvalue weighted by Crippen LogP contribution is -2.30. The minimum atomic E-state index is -5.02. The number of unbranched alkanes of at least 4 members (excludes halogenated alkanes) is 12. The number of carbonyl (C=O) groups is 4. The first-order valence-electron chi connectivity index (χ1n) is 37.0. The van der Waals surface area contributed by atoms with Crippen molar-refractivity contribution in [1.82, 2.24) is 0 Å². The largest absolute Gasteiger partial charge is 0.472 e. The number of carbonyl (C=O) groups excluding carboxylic acids is 4. The molecule has 0 aliphatic heterocycles. The molecule has 0 aliphatic rings. The van der Waals surface area contributed by atoms with E-state index in [2.05, 4.69) is 186 Å². The molecule has 5 unspecified atom stereocenters. The highest BCUT2D eigenvalue weighted by Gasteiger charge is 2.30. The van der Waals surface area contributed by atoms with E-state index in [1.165, 1.54) is 6.42 Å². The van der Waals surface area contributed by atoms with E-state index in [-0.39, 0.29) is 25.7 Å². The van der Waals surface area contributed by atoms with Gasteiger partial charge in [-0.1, -0.05) is 249 Å². The summed E-state index contributed by atoms with van der Waals surface area (Å²) >= 11 is 0. The van der Waals surface area contributed by atoms with Gasteiger partial charge in [0, 0.05) is 19.3 Å². The van der Waals surface area contributed by atoms with Crippen LogP contribution in [0.15, 0.2) is 182 Å². The van der Waals surface area contributed by atoms with Crippen LogP contribution in [0.25, 0.3) is 0 Å². The topological polar surface area (TPSA) is 237 Å². The van der Waals surface area contributed by atoms with Crippen molar-refractivity contribution in [1.29, 1.82) is 0 Å². The van der Waals surface area contributed by atoms with Crippen molar-refractivity contribution in [2.24, 2.45) is 0 Å². The number of aliphatic hydroxyl groups is 1. The van der Waals surface area contributed by atoms with Crippen LogP contribution in [0.5, 0.6) is 0 Å². The van der Waals surface area contributed by atoms with Gasteiger partial charge in [-0.25, -0.2) is 9.13 Å². The maximum absolute atomic E-state index is 13.1. The Hall–Kier alpha value is -5.84. The van der Waals surface area contributed by atoms with Gasteiger partial charge in [0.25, 0.3) is 0 Å². The third kappa shape index (κ3) is 70.6. The van der Waals surface area contributed by atoms with Gasteiger partial charge < -0.3 is 33.8 Å². The van der Waals surface area contributed by atoms with Crippen LogP contribution in [0.1, 0.15) is 246 Å². The number of rotatable bonds is 67. The highest BCUT2D eigenvalue weighted by atomic mass is 31.2. The molecule has 0 bridgehead atoms. The van der Waals surface area contributed by atoms with Crippen LogP contribution < -0.4 is 0 Å². The first-order valence-corrected chi connectivity index (χ1v) is 40.0. The smallest absolute Gasteiger partial charge is 0.462 e. The summed E-state index contributed by atoms with van der Waals surface area (Å²) < 4.78 is 68.1. The summed E-state index contributed by atoms with van der Waals surface area (Å²) in [4.78, 5) is 72.7. The molecule has 0 aromatic heterocycles. The van der Waals surface area contributed by atoms with E-state index in [4.69, 9.17) is 37.0 Å². The number of hydrogen-bond donors (Lipinski definition) is 3. The summed E-state index contributed by atoms with van der Waals surface area (Å²) in [5.41, 5.74) is 0. The molecular formula is C81H128O17P2. The first-order chi connectivity index (χ1) is 48.7. The number of phosphoric ester groups is 2. The summed E-state index contributed by atoms with van der Waals surface area (Å²) in [5.74, 6) is -2.44. The summed E-state index contributed by atoms with van der Waals surface area (Å²) in [5, 5.41) is 10.6. The van der Waals surface area contributed by atoms with Crippen molar-refractivity contribution in [2.75, 3.05) is 39.6 Å². The average molecular weight is 1440 g/mol. The molecule has 17 nitrogen and oxygen atoms in total. The standard InChI is InChI=1S/C81H128O17P2/c1-5-9-13-17-21-25-29-32-35-36-37-38-41-43-47-50-54-58-62-66-79(84)92-72-77(98-81(86)68-64-60-56-52-48-44-40-34-31-27-23-19-15-11-7-3)74-96-100(89,90)94-70-75(82)69-93-99(87,88)95-73-76(97-80(85)67-63-59-55-51-45-28-24-20-16-12-8-4)71-91-78(83)65-61-57-53-49-46-42-39-33-30-26-22-18-14-10-6-2/h9-11,13-15,20-27,32-35,37-40,43,46-49,52,60,64,75-77,82H,5-8,12,16-19,28-31,36,41-42,44-45,50-51,53-59,61-63,65-74H2,1-4H3,(H,87,88)(H,89,90)/b13-9-,14-10-,15-11-,24-20-,25-21-,26-22-,27-23-,35-32-,38-37-,39-33-,40-34-,47-43-,49-46-,52-48-,64-60-. The van der Waals surface area contributed by atoms with Gasteiger partial charge in [0.2, 0.25) is 0 Å². The van der Waals surface area contributed by atoms with Crippen LogP contribution in [-0.2, 0) is 65.4 Å². The van der Waals surface area contributed by atoms with Gasteiger partial charge in [-0.15, -0.1) is 0 Å². The number of esters is 4. The second-order valence-electron chi connectivity index (χ2n) is 23.8. The normalized spacial score (nSPS) is 15.0. The second kappa shape index (κ2) is 71.6. The molecule has 0 saturated carbocycles. The van der Waals surface area contributed by atoms with Crippen molar-refractivity contribution in [2.45, 2.75) is 264 Å². The van der Waals surface area contributed by atoms with Crippen LogP contribution >= 0.6 is 15.6 Å². The van der Waals surface area contributed by atoms with Crippen LogP contribution in [-0.4, -0.2) is 96.7 Å². The molecule has 0 rings (SSSR count). The Morgan fingerprint density at radius 1 is 0.300 bits per heavy atom. The minimum absolute atomic E-state index is 0.0654. The van der Waals surface area contributed by atoms with E-state index < -0.39 is 97.5 Å². The Labute approximate surface area is 603 Å². The van der Waals surface area contributed by atoms with E-state index in [0.717, 1.165) is 161 Å². The van der Waals surface area contributed by atoms with Crippen molar-refractivity contribution >= 4 is 39.5 Å². The predicted molar refractivity (Wildman–Crippen MR) is 408 cm³/mol. The molecule has 0 aromatic carbocycles. The van der Waals surface area contributed by atoms with Crippen LogP contribution in [0.2, 0.25) is 0 Å². The number of ether oxygens (including phenoxy) is 4. The zero-order valence-electron chi connectivity index (χ0n) is 61.3. The lowest BCUT2D eigenvalue weighted by molar-refractivity contribution is -0.161. The summed E-state index contributed by atoms with van der Waals surface area (Å²) in [6, 6.07) is 0. The maximum Gasteiger partial charge on any atom is 0.472 e. The number of hydrogen-bond acceptors (Lipinski definition) is 15. The lowest BCUT2D eigenvalue weighted by atomic mass is 10.1. The lowest BCUT2D eigenvalue weighted by Gasteiger charge is -2.21. The van der Waals surface area contributed by atoms with Crippen LogP contribution in [0.4, 0.5) is 0 Å². The van der Waals surface area contributed by atoms with Crippen LogP contribution in [0, 0.1) is 0 Å². The van der Waals surface area contributed by atoms with E-state index in [9.17, 15) is 43.2 Å². The van der Waals surface area contributed by atoms with Gasteiger partial charge in [-0.2, -0.15) is 0 Å². The van der Waals surface area contributed by atoms with Crippen molar-refractivity contribution in [3.63, 3.8) is 0 Å². The van der Waals surface area contributed by atoms with Gasteiger partial charge in [0.1, 0.15) is 19.3 Å². The molecule has 3 N–H and O–H groups in total. The van der Waals surface area contributed by atoms with E-state index in [1.54, 1.807) is 12.2 Å². The molecule has 0 amide bonds. The SMILES string of the molecule is CC/C=C\C/C=C\C/C=C\C/C=C\C/C=C\CCCCCC(=O)OCC(COP(=O)(O)OCC(O)COP(=O)(O)OCC(COC(=O)CCCC/C=C\C/C=C\C/C=C\C/C=C\CC)OC(=O)CCCCCCC/C=C\CCCC)OC(=O)C/C=C\C/C=C\C/C=C\C/C=C\C/C=C\CC. The Morgan fingerprint density at radius 3 is 0.930 bits per heavy atom. The molecule has 0 spiro atoms. The average Bonchev–Trinajstić information content (AvgIpc) is 0.985. The Balaban J connectivity index is 5.49.